The molecule has 0 nitrogen and oxygen atoms in total. The second-order valence-corrected chi connectivity index (χ2v) is 20.0. The number of hydrogen-bond acceptors (Lipinski definition) is 0. The summed E-state index contributed by atoms with van der Waals surface area (Å²) in [4.78, 5) is 0. The first-order valence-electron chi connectivity index (χ1n) is 21.4. The fourth-order valence-electron chi connectivity index (χ4n) is 8.40. The largest absolute Gasteiger partial charge is 0.422 e. The molecule has 7 aromatic rings. The Morgan fingerprint density at radius 2 is 0.654 bits per heavy atom. The van der Waals surface area contributed by atoms with E-state index in [1.165, 1.54) is 18.3 Å². The third-order valence-corrected chi connectivity index (χ3v) is 14.7. The van der Waals surface area contributed by atoms with Gasteiger partial charge in [-0.25, -0.2) is 70.2 Å². The normalized spacial score (nSPS) is 12.3. The zero-order valence-corrected chi connectivity index (χ0v) is 40.9. The van der Waals surface area contributed by atoms with Gasteiger partial charge in [0, 0.05) is 0 Å². The molecule has 0 fully saturated rings. The molecule has 0 heterocycles. The molecule has 414 valence electrons. The number of benzene rings is 7. The molecule has 0 atom stereocenters. The van der Waals surface area contributed by atoms with Crippen molar-refractivity contribution in [2.75, 3.05) is 0 Å². The van der Waals surface area contributed by atoms with Crippen LogP contribution in [0.1, 0.15) is 53.1 Å². The lowest BCUT2D eigenvalue weighted by atomic mass is 9.12. The zero-order valence-electron chi connectivity index (χ0n) is 38.7. The molecule has 0 saturated heterocycles. The Kier molecular flexibility index (Phi) is 17.0. The number of hydrogen-bond donors (Lipinski definition) is 0. The average molecular weight is 1250 g/mol. The molecular formula is C51H25BF25I. The van der Waals surface area contributed by atoms with Crippen LogP contribution < -0.4 is 43.1 Å². The highest BCUT2D eigenvalue weighted by Crippen LogP contribution is 2.41. The highest BCUT2D eigenvalue weighted by Gasteiger charge is 2.55. The molecule has 0 spiro atoms. The van der Waals surface area contributed by atoms with E-state index in [-0.39, 0.29) is 26.8 Å². The van der Waals surface area contributed by atoms with E-state index in [9.17, 15) is 39.5 Å². The van der Waals surface area contributed by atoms with Gasteiger partial charge in [0.05, 0.1) is 5.56 Å². The lowest BCUT2D eigenvalue weighted by molar-refractivity contribution is -0.597. The van der Waals surface area contributed by atoms with Gasteiger partial charge >= 0.3 is 39.7 Å². The van der Waals surface area contributed by atoms with Gasteiger partial charge in [-0.05, 0) is 53.8 Å². The molecule has 0 saturated carbocycles. The van der Waals surface area contributed by atoms with Gasteiger partial charge in [0.1, 0.15) is 69.4 Å². The standard InChI is InChI=1S/C35H7BF25.C16H18I/c1-2-7-3-5-8(6-4-7)9-17(37)25(45)13(26(46)18(9)38)36(14-27(47)19(39)10(33(53,54)55)20(40)28(14)48,15-29(49)21(41)11(34(56,57)58)22(42)30(15)50)16-31(51)23(43)12(35(59,60)61)24(44)32(16)52;1-12(2)14-6-10-16(11-7-14)17-15-8-4-13(3)5-9-15/h2-6H,1H2;4-12H,1-3H3/q-1;+1. The summed E-state index contributed by atoms with van der Waals surface area (Å²) in [6, 6.07) is 20.7. The molecule has 7 rings (SSSR count). The molecule has 7 aromatic carbocycles. The molecule has 0 unspecified atom stereocenters. The van der Waals surface area contributed by atoms with Crippen molar-refractivity contribution in [1.82, 2.24) is 0 Å². The minimum atomic E-state index is -7.87. The SMILES string of the molecule is C=Cc1ccc(-c2c(F)c(F)c([B-](c3c(F)c(F)c(C(F)(F)F)c(F)c3F)(c3c(F)c(F)c(C(F)(F)F)c(F)c3F)c3c(F)c(F)c(C(F)(F)F)c(F)c3F)c(F)c2F)cc1.Cc1ccc([I+]c2ccc(C(C)C)cc2)cc1. The molecule has 0 aliphatic rings. The predicted octanol–water partition coefficient (Wildman–Crippen LogP) is 11.9. The van der Waals surface area contributed by atoms with Crippen LogP contribution in [0.3, 0.4) is 0 Å². The first-order chi connectivity index (χ1) is 36.0. The number of alkyl halides is 9. The maximum atomic E-state index is 16.7. The third kappa shape index (κ3) is 10.5. The van der Waals surface area contributed by atoms with Gasteiger partial charge in [0.15, 0.2) is 53.7 Å². The molecule has 0 amide bonds. The lowest BCUT2D eigenvalue weighted by Crippen LogP contribution is -3.61. The van der Waals surface area contributed by atoms with E-state index in [0.717, 1.165) is 18.2 Å². The van der Waals surface area contributed by atoms with E-state index in [1.807, 2.05) is 0 Å². The quantitative estimate of drug-likeness (QED) is 0.0585. The highest BCUT2D eigenvalue weighted by atomic mass is 127. The van der Waals surface area contributed by atoms with E-state index in [4.69, 9.17) is 0 Å². The molecule has 0 bridgehead atoms. The molecular weight excluding hydrogens is 1230 g/mol. The maximum Gasteiger partial charge on any atom is 0.422 e. The second-order valence-electron chi connectivity index (χ2n) is 17.0. The molecule has 27 heteroatoms. The monoisotopic (exact) mass is 1250 g/mol. The van der Waals surface area contributed by atoms with Crippen LogP contribution in [0.25, 0.3) is 17.2 Å². The fraction of sp³-hybridized carbons (Fsp3) is 0.137. The number of rotatable bonds is 9. The maximum absolute atomic E-state index is 16.7. The first-order valence-corrected chi connectivity index (χ1v) is 23.5. The van der Waals surface area contributed by atoms with E-state index in [2.05, 4.69) is 75.9 Å². The van der Waals surface area contributed by atoms with E-state index in [0.29, 0.717) is 18.1 Å². The minimum absolute atomic E-state index is 0.0106. The van der Waals surface area contributed by atoms with E-state index in [1.54, 1.807) is 0 Å². The molecule has 0 radical (unpaired) electrons. The van der Waals surface area contributed by atoms with Crippen molar-refractivity contribution in [1.29, 1.82) is 0 Å². The summed E-state index contributed by atoms with van der Waals surface area (Å²) in [5.41, 5.74) is -28.3. The Labute approximate surface area is 433 Å². The Balaban J connectivity index is 0.000000488. The summed E-state index contributed by atoms with van der Waals surface area (Å²) in [5.74, 6) is -63.6. The van der Waals surface area contributed by atoms with E-state index < -0.39 is 167 Å². The summed E-state index contributed by atoms with van der Waals surface area (Å²) >= 11 is -0.0167. The Bertz CT molecular complexity index is 3180. The van der Waals surface area contributed by atoms with Gasteiger partial charge in [0.2, 0.25) is 0 Å². The van der Waals surface area contributed by atoms with Crippen molar-refractivity contribution in [3.8, 4) is 11.1 Å². The average Bonchev–Trinajstić information content (AvgIpc) is 3.38. The summed E-state index contributed by atoms with van der Waals surface area (Å²) < 4.78 is 381. The summed E-state index contributed by atoms with van der Waals surface area (Å²) in [5, 5.41) is 0. The summed E-state index contributed by atoms with van der Waals surface area (Å²) in [7, 11) is 0. The smallest absolute Gasteiger partial charge is 0.207 e. The topological polar surface area (TPSA) is 0 Å². The van der Waals surface area contributed by atoms with Crippen molar-refractivity contribution in [3.63, 3.8) is 0 Å². The molecule has 78 heavy (non-hydrogen) atoms. The second kappa shape index (κ2) is 21.9. The first kappa shape index (κ1) is 60.6. The van der Waals surface area contributed by atoms with Crippen LogP contribution in [0.2, 0.25) is 0 Å². The predicted molar refractivity (Wildman–Crippen MR) is 229 cm³/mol. The van der Waals surface area contributed by atoms with Crippen molar-refractivity contribution < 1.29 is 131 Å². The van der Waals surface area contributed by atoms with E-state index >= 15 is 70.2 Å². The highest BCUT2D eigenvalue weighted by molar-refractivity contribution is 7.20. The van der Waals surface area contributed by atoms with Crippen LogP contribution in [0, 0.1) is 107 Å². The minimum Gasteiger partial charge on any atom is -0.207 e. The van der Waals surface area contributed by atoms with Crippen LogP contribution in [0.5, 0.6) is 0 Å². The van der Waals surface area contributed by atoms with Gasteiger partial charge in [-0.1, -0.05) is 80.6 Å². The summed E-state index contributed by atoms with van der Waals surface area (Å²) in [6.45, 7) is 9.88. The number of halogens is 26. The van der Waals surface area contributed by atoms with Crippen LogP contribution in [0.15, 0.2) is 79.4 Å². The van der Waals surface area contributed by atoms with Crippen molar-refractivity contribution in [2.24, 2.45) is 0 Å². The molecule has 0 N–H and O–H groups in total. The van der Waals surface area contributed by atoms with Crippen LogP contribution in [-0.2, 0) is 18.5 Å². The van der Waals surface area contributed by atoms with Crippen LogP contribution in [0.4, 0.5) is 110 Å². The molecule has 0 aliphatic heterocycles. The molecule has 0 aromatic heterocycles. The Morgan fingerprint density at radius 1 is 0.385 bits per heavy atom. The lowest BCUT2D eigenvalue weighted by Gasteiger charge is -2.45. The van der Waals surface area contributed by atoms with Gasteiger partial charge in [0.25, 0.3) is 0 Å². The van der Waals surface area contributed by atoms with Gasteiger partial charge in [-0.15, -0.1) is 21.9 Å². The van der Waals surface area contributed by atoms with Gasteiger partial charge in [-0.2, -0.15) is 39.5 Å². The van der Waals surface area contributed by atoms with Crippen molar-refractivity contribution >= 4 is 34.1 Å². The van der Waals surface area contributed by atoms with Crippen LogP contribution >= 0.6 is 0 Å². The zero-order chi connectivity index (χ0) is 58.8. The van der Waals surface area contributed by atoms with Crippen LogP contribution in [-0.4, -0.2) is 6.15 Å². The number of aryl methyl sites for hydroxylation is 1. The molecule has 0 aliphatic carbocycles. The van der Waals surface area contributed by atoms with Gasteiger partial charge in [-0.3, -0.25) is 0 Å². The van der Waals surface area contributed by atoms with Crippen molar-refractivity contribution in [2.45, 2.75) is 45.2 Å². The summed E-state index contributed by atoms with van der Waals surface area (Å²) in [6.07, 6.45) is -27.2. The Morgan fingerprint density at radius 3 is 0.910 bits per heavy atom. The Hall–Kier alpha value is -6.68. The fourth-order valence-corrected chi connectivity index (χ4v) is 10.6. The van der Waals surface area contributed by atoms with Crippen molar-refractivity contribution in [3.05, 3.63) is 213 Å². The third-order valence-electron chi connectivity index (χ3n) is 12.0. The van der Waals surface area contributed by atoms with Gasteiger partial charge < -0.3 is 0 Å².